The lowest BCUT2D eigenvalue weighted by molar-refractivity contribution is -0.132. The van der Waals surface area contributed by atoms with E-state index in [1.807, 2.05) is 29.2 Å². The smallest absolute Gasteiger partial charge is 0.223 e. The Labute approximate surface area is 188 Å². The van der Waals surface area contributed by atoms with Crippen molar-refractivity contribution < 1.29 is 14.0 Å². The minimum absolute atomic E-state index is 0.114. The van der Waals surface area contributed by atoms with Gasteiger partial charge in [0.2, 0.25) is 11.8 Å². The van der Waals surface area contributed by atoms with Crippen LogP contribution in [0.5, 0.6) is 0 Å². The number of carbonyl (C=O) groups excluding carboxylic acids is 2. The number of likely N-dealkylation sites (tertiary alicyclic amines) is 1. The normalized spacial score (nSPS) is 18.2. The molecule has 166 valence electrons. The summed E-state index contributed by atoms with van der Waals surface area (Å²) in [5.41, 5.74) is 0.909. The monoisotopic (exact) mass is 443 g/mol. The SMILES string of the molecule is O=C(NC1CCN(C(=O)CCc2ncc(-c3ccc(Cl)cc3)o2)CC1)C1CCCCC1. The van der Waals surface area contributed by atoms with E-state index in [0.29, 0.717) is 42.6 Å². The summed E-state index contributed by atoms with van der Waals surface area (Å²) < 4.78 is 5.79. The number of oxazole rings is 1. The largest absolute Gasteiger partial charge is 0.441 e. The van der Waals surface area contributed by atoms with Crippen LogP contribution in [0.15, 0.2) is 34.9 Å². The summed E-state index contributed by atoms with van der Waals surface area (Å²) in [5, 5.41) is 3.89. The van der Waals surface area contributed by atoms with E-state index in [1.54, 1.807) is 6.20 Å². The van der Waals surface area contributed by atoms with Crippen molar-refractivity contribution in [2.75, 3.05) is 13.1 Å². The lowest BCUT2D eigenvalue weighted by atomic mass is 9.88. The van der Waals surface area contributed by atoms with Crippen LogP contribution >= 0.6 is 11.6 Å². The molecule has 4 rings (SSSR count). The lowest BCUT2D eigenvalue weighted by Crippen LogP contribution is -2.48. The van der Waals surface area contributed by atoms with Crippen LogP contribution in [-0.2, 0) is 16.0 Å². The highest BCUT2D eigenvalue weighted by molar-refractivity contribution is 6.30. The first-order valence-corrected chi connectivity index (χ1v) is 11.7. The van der Waals surface area contributed by atoms with Gasteiger partial charge in [-0.2, -0.15) is 0 Å². The quantitative estimate of drug-likeness (QED) is 0.707. The summed E-state index contributed by atoms with van der Waals surface area (Å²) in [4.78, 5) is 31.3. The van der Waals surface area contributed by atoms with Gasteiger partial charge in [-0.25, -0.2) is 4.98 Å². The van der Waals surface area contributed by atoms with Crippen molar-refractivity contribution >= 4 is 23.4 Å². The summed E-state index contributed by atoms with van der Waals surface area (Å²) in [6.07, 6.45) is 9.79. The molecule has 7 heteroatoms. The molecule has 0 spiro atoms. The van der Waals surface area contributed by atoms with Crippen LogP contribution in [-0.4, -0.2) is 40.8 Å². The van der Waals surface area contributed by atoms with Crippen LogP contribution in [0.1, 0.15) is 57.3 Å². The predicted octanol–water partition coefficient (Wildman–Crippen LogP) is 4.62. The Morgan fingerprint density at radius 3 is 2.48 bits per heavy atom. The number of rotatable bonds is 6. The average Bonchev–Trinajstić information content (AvgIpc) is 3.28. The van der Waals surface area contributed by atoms with Crippen molar-refractivity contribution in [3.8, 4) is 11.3 Å². The molecule has 1 aliphatic carbocycles. The number of hydrogen-bond acceptors (Lipinski definition) is 4. The van der Waals surface area contributed by atoms with Gasteiger partial charge >= 0.3 is 0 Å². The van der Waals surface area contributed by atoms with Crippen molar-refractivity contribution in [2.24, 2.45) is 5.92 Å². The first-order chi connectivity index (χ1) is 15.1. The zero-order valence-corrected chi connectivity index (χ0v) is 18.6. The van der Waals surface area contributed by atoms with Crippen LogP contribution in [0.3, 0.4) is 0 Å². The number of benzene rings is 1. The van der Waals surface area contributed by atoms with Crippen LogP contribution in [0, 0.1) is 5.92 Å². The molecule has 2 amide bonds. The number of carbonyl (C=O) groups is 2. The molecule has 0 bridgehead atoms. The molecule has 0 unspecified atom stereocenters. The van der Waals surface area contributed by atoms with E-state index in [0.717, 1.165) is 44.1 Å². The number of nitrogens with one attached hydrogen (secondary N) is 1. The molecule has 31 heavy (non-hydrogen) atoms. The fourth-order valence-corrected chi connectivity index (χ4v) is 4.63. The third kappa shape index (κ3) is 5.88. The van der Waals surface area contributed by atoms with Crippen molar-refractivity contribution in [1.29, 1.82) is 0 Å². The van der Waals surface area contributed by atoms with Gasteiger partial charge in [0, 0.05) is 48.5 Å². The molecule has 2 fully saturated rings. The summed E-state index contributed by atoms with van der Waals surface area (Å²) in [7, 11) is 0. The van der Waals surface area contributed by atoms with E-state index in [-0.39, 0.29) is 23.8 Å². The molecule has 1 aliphatic heterocycles. The molecule has 0 atom stereocenters. The molecular weight excluding hydrogens is 414 g/mol. The van der Waals surface area contributed by atoms with Gasteiger partial charge in [0.25, 0.3) is 0 Å². The zero-order valence-electron chi connectivity index (χ0n) is 17.8. The topological polar surface area (TPSA) is 75.4 Å². The van der Waals surface area contributed by atoms with Crippen molar-refractivity contribution in [3.63, 3.8) is 0 Å². The molecule has 1 saturated carbocycles. The minimum atomic E-state index is 0.114. The molecule has 0 radical (unpaired) electrons. The number of aromatic nitrogens is 1. The van der Waals surface area contributed by atoms with Crippen molar-refractivity contribution in [1.82, 2.24) is 15.2 Å². The van der Waals surface area contributed by atoms with Crippen LogP contribution < -0.4 is 5.32 Å². The summed E-state index contributed by atoms with van der Waals surface area (Å²) in [5.74, 6) is 1.75. The highest BCUT2D eigenvalue weighted by Gasteiger charge is 2.27. The Balaban J connectivity index is 1.20. The first kappa shape index (κ1) is 21.9. The van der Waals surface area contributed by atoms with E-state index in [9.17, 15) is 9.59 Å². The second kappa shape index (κ2) is 10.3. The van der Waals surface area contributed by atoms with E-state index in [1.165, 1.54) is 6.42 Å². The summed E-state index contributed by atoms with van der Waals surface area (Å²) in [6, 6.07) is 7.57. The lowest BCUT2D eigenvalue weighted by Gasteiger charge is -2.33. The fraction of sp³-hybridized carbons (Fsp3) is 0.542. The second-order valence-corrected chi connectivity index (χ2v) is 9.06. The Morgan fingerprint density at radius 1 is 1.06 bits per heavy atom. The van der Waals surface area contributed by atoms with Gasteiger partial charge in [-0.15, -0.1) is 0 Å². The maximum atomic E-state index is 12.6. The van der Waals surface area contributed by atoms with Gasteiger partial charge in [0.1, 0.15) is 0 Å². The molecule has 2 aromatic rings. The van der Waals surface area contributed by atoms with Crippen LogP contribution in [0.4, 0.5) is 0 Å². The predicted molar refractivity (Wildman–Crippen MR) is 120 cm³/mol. The molecule has 1 saturated heterocycles. The van der Waals surface area contributed by atoms with Gasteiger partial charge in [-0.3, -0.25) is 9.59 Å². The van der Waals surface area contributed by atoms with Gasteiger partial charge in [0.05, 0.1) is 6.20 Å². The molecule has 2 heterocycles. The van der Waals surface area contributed by atoms with Gasteiger partial charge in [0.15, 0.2) is 11.7 Å². The Morgan fingerprint density at radius 2 is 1.77 bits per heavy atom. The number of hydrogen-bond donors (Lipinski definition) is 1. The van der Waals surface area contributed by atoms with Crippen molar-refractivity contribution in [3.05, 3.63) is 41.4 Å². The van der Waals surface area contributed by atoms with Gasteiger partial charge in [-0.05, 0) is 49.9 Å². The number of piperidine rings is 1. The first-order valence-electron chi connectivity index (χ1n) is 11.4. The van der Waals surface area contributed by atoms with Gasteiger partial charge in [-0.1, -0.05) is 30.9 Å². The van der Waals surface area contributed by atoms with Gasteiger partial charge < -0.3 is 14.6 Å². The molecule has 1 aromatic carbocycles. The molecule has 1 N–H and O–H groups in total. The highest BCUT2D eigenvalue weighted by atomic mass is 35.5. The Bertz CT molecular complexity index is 882. The third-order valence-corrected chi connectivity index (χ3v) is 6.66. The van der Waals surface area contributed by atoms with E-state index in [2.05, 4.69) is 10.3 Å². The maximum Gasteiger partial charge on any atom is 0.223 e. The van der Waals surface area contributed by atoms with Crippen molar-refractivity contribution in [2.45, 2.75) is 63.8 Å². The molecule has 2 aliphatic rings. The second-order valence-electron chi connectivity index (χ2n) is 8.62. The van der Waals surface area contributed by atoms with E-state index < -0.39 is 0 Å². The van der Waals surface area contributed by atoms with Crippen LogP contribution in [0.25, 0.3) is 11.3 Å². The number of aryl methyl sites for hydroxylation is 1. The fourth-order valence-electron chi connectivity index (χ4n) is 4.50. The standard InChI is InChI=1S/C24H30ClN3O3/c25-19-8-6-17(7-9-19)21-16-26-22(31-21)10-11-23(29)28-14-12-20(13-15-28)27-24(30)18-4-2-1-3-5-18/h6-9,16,18,20H,1-5,10-15H2,(H,27,30). The van der Waals surface area contributed by atoms with Crippen LogP contribution in [0.2, 0.25) is 5.02 Å². The Kier molecular flexibility index (Phi) is 7.28. The maximum absolute atomic E-state index is 12.6. The Hall–Kier alpha value is -2.34. The number of halogens is 1. The molecular formula is C24H30ClN3O3. The third-order valence-electron chi connectivity index (χ3n) is 6.41. The minimum Gasteiger partial charge on any atom is -0.441 e. The summed E-state index contributed by atoms with van der Waals surface area (Å²) >= 11 is 5.92. The van der Waals surface area contributed by atoms with E-state index >= 15 is 0 Å². The molecule has 1 aromatic heterocycles. The van der Waals surface area contributed by atoms with E-state index in [4.69, 9.17) is 16.0 Å². The highest BCUT2D eigenvalue weighted by Crippen LogP contribution is 2.25. The average molecular weight is 444 g/mol. The molecule has 6 nitrogen and oxygen atoms in total. The summed E-state index contributed by atoms with van der Waals surface area (Å²) in [6.45, 7) is 1.38. The number of nitrogens with zero attached hydrogens (tertiary/aromatic N) is 2. The number of amides is 2. The zero-order chi connectivity index (χ0) is 21.6.